The van der Waals surface area contributed by atoms with Gasteiger partial charge in [0.2, 0.25) is 5.91 Å². The Labute approximate surface area is 212 Å². The number of aliphatic hydroxyl groups is 4. The fraction of sp³-hybridized carbons (Fsp3) is 0.706. The largest absolute Gasteiger partial charge is 0.483 e. The molecule has 216 valence electrons. The molecule has 0 aromatic carbocycles. The summed E-state index contributed by atoms with van der Waals surface area (Å²) in [6.07, 6.45) is -12.0. The van der Waals surface area contributed by atoms with E-state index in [1.807, 2.05) is 4.98 Å². The zero-order valence-electron chi connectivity index (χ0n) is 19.7. The lowest BCUT2D eigenvalue weighted by Gasteiger charge is -2.41. The summed E-state index contributed by atoms with van der Waals surface area (Å²) >= 11 is 0. The Morgan fingerprint density at radius 1 is 1.08 bits per heavy atom. The fourth-order valence-electron chi connectivity index (χ4n) is 3.70. The summed E-state index contributed by atoms with van der Waals surface area (Å²) in [6, 6.07) is -0.645. The Bertz CT molecular complexity index is 1220. The zero-order valence-corrected chi connectivity index (χ0v) is 21.5. The first-order chi connectivity index (χ1) is 17.5. The number of ether oxygens (including phenoxy) is 2. The van der Waals surface area contributed by atoms with Crippen molar-refractivity contribution in [1.82, 2.24) is 14.9 Å². The number of carbonyl (C=O) groups excluding carboxylic acids is 1. The summed E-state index contributed by atoms with van der Waals surface area (Å²) in [5.41, 5.74) is -1.73. The lowest BCUT2D eigenvalue weighted by Crippen LogP contribution is -2.63. The monoisotopic (exact) mass is 591 g/mol. The number of phosphoric ester groups is 2. The summed E-state index contributed by atoms with van der Waals surface area (Å²) in [5.74, 6) is -0.738. The number of carbonyl (C=O) groups is 1. The Kier molecular flexibility index (Phi) is 9.48. The van der Waals surface area contributed by atoms with Gasteiger partial charge in [0.15, 0.2) is 12.5 Å². The fourth-order valence-corrected chi connectivity index (χ4v) is 5.87. The van der Waals surface area contributed by atoms with E-state index in [9.17, 15) is 53.7 Å². The van der Waals surface area contributed by atoms with E-state index in [4.69, 9.17) is 14.0 Å². The molecule has 2 fully saturated rings. The van der Waals surface area contributed by atoms with E-state index in [0.29, 0.717) is 0 Å². The summed E-state index contributed by atoms with van der Waals surface area (Å²) in [5, 5.41) is 42.6. The number of rotatable bonds is 9. The number of phosphoric acid groups is 2. The predicted octanol–water partition coefficient (Wildman–Crippen LogP) is -3.62. The molecule has 0 radical (unpaired) electrons. The van der Waals surface area contributed by atoms with Gasteiger partial charge in [-0.25, -0.2) is 13.9 Å². The molecule has 1 amide bonds. The molecule has 3 heterocycles. The van der Waals surface area contributed by atoms with Gasteiger partial charge in [0.25, 0.3) is 5.56 Å². The molecular weight excluding hydrogens is 564 g/mol. The molecule has 1 aromatic rings. The van der Waals surface area contributed by atoms with Gasteiger partial charge in [0, 0.05) is 19.2 Å². The highest BCUT2D eigenvalue weighted by atomic mass is 31.3. The van der Waals surface area contributed by atoms with Crippen molar-refractivity contribution in [2.45, 2.75) is 69.0 Å². The topological polar surface area (TPSA) is 286 Å². The van der Waals surface area contributed by atoms with Crippen LogP contribution in [0.1, 0.15) is 20.1 Å². The molecular formula is C17H27N3O16P2. The van der Waals surface area contributed by atoms with Crippen LogP contribution >= 0.6 is 15.6 Å². The third-order valence-corrected chi connectivity index (χ3v) is 8.12. The summed E-state index contributed by atoms with van der Waals surface area (Å²) < 4.78 is 49.4. The van der Waals surface area contributed by atoms with E-state index in [0.717, 1.165) is 23.8 Å². The minimum Gasteiger partial charge on any atom is -0.388 e. The third kappa shape index (κ3) is 7.22. The highest BCUT2D eigenvalue weighted by Crippen LogP contribution is 2.61. The van der Waals surface area contributed by atoms with E-state index in [-0.39, 0.29) is 0 Å². The van der Waals surface area contributed by atoms with Gasteiger partial charge in [-0.1, -0.05) is 0 Å². The quantitative estimate of drug-likeness (QED) is 0.129. The van der Waals surface area contributed by atoms with Crippen LogP contribution in [0.5, 0.6) is 0 Å². The molecule has 0 spiro atoms. The van der Waals surface area contributed by atoms with Crippen molar-refractivity contribution in [3.05, 3.63) is 33.1 Å². The maximum absolute atomic E-state index is 12.4. The van der Waals surface area contributed by atoms with E-state index in [1.54, 1.807) is 0 Å². The molecule has 2 aliphatic rings. The van der Waals surface area contributed by atoms with Gasteiger partial charge in [-0.05, 0) is 6.92 Å². The van der Waals surface area contributed by atoms with Gasteiger partial charge in [-0.15, -0.1) is 0 Å². The first kappa shape index (κ1) is 30.7. The van der Waals surface area contributed by atoms with Gasteiger partial charge in [-0.2, -0.15) is 4.31 Å². The van der Waals surface area contributed by atoms with Crippen molar-refractivity contribution in [1.29, 1.82) is 0 Å². The van der Waals surface area contributed by atoms with Crippen LogP contribution < -0.4 is 16.6 Å². The first-order valence-corrected chi connectivity index (χ1v) is 13.8. The Morgan fingerprint density at radius 3 is 2.34 bits per heavy atom. The molecule has 38 heavy (non-hydrogen) atoms. The SMILES string of the molecule is CC(=O)N[C@H]1[C@@H](OP(=O)(O)OP(=O)(O)OC[C@H]2O[C@@H](n3ccc(=O)[nH]c3=O)[C@H](O)[C@@H]2O)O[C@@H](C)[C@@H](O)[C@H]1O. The lowest BCUT2D eigenvalue weighted by atomic mass is 9.98. The summed E-state index contributed by atoms with van der Waals surface area (Å²) in [7, 11) is -11.0. The van der Waals surface area contributed by atoms with E-state index >= 15 is 0 Å². The highest BCUT2D eigenvalue weighted by molar-refractivity contribution is 7.61. The maximum Gasteiger partial charge on any atom is 0.483 e. The summed E-state index contributed by atoms with van der Waals surface area (Å²) in [6.45, 7) is 1.30. The molecule has 11 atom stereocenters. The number of hydrogen-bond acceptors (Lipinski definition) is 14. The molecule has 3 rings (SSSR count). The lowest BCUT2D eigenvalue weighted by molar-refractivity contribution is -0.236. The van der Waals surface area contributed by atoms with Crippen LogP contribution in [0.2, 0.25) is 0 Å². The smallest absolute Gasteiger partial charge is 0.388 e. The molecule has 0 saturated carbocycles. The first-order valence-electron chi connectivity index (χ1n) is 10.8. The van der Waals surface area contributed by atoms with Crippen molar-refractivity contribution in [2.24, 2.45) is 0 Å². The number of amides is 1. The number of aromatic nitrogens is 2. The van der Waals surface area contributed by atoms with Crippen molar-refractivity contribution < 1.29 is 67.0 Å². The Balaban J connectivity index is 1.64. The van der Waals surface area contributed by atoms with E-state index < -0.39 is 94.6 Å². The van der Waals surface area contributed by atoms with Crippen molar-refractivity contribution in [2.75, 3.05) is 6.61 Å². The van der Waals surface area contributed by atoms with Crippen molar-refractivity contribution in [3.8, 4) is 0 Å². The van der Waals surface area contributed by atoms with Gasteiger partial charge in [-0.3, -0.25) is 28.2 Å². The second-order valence-corrected chi connectivity index (χ2v) is 11.4. The molecule has 2 saturated heterocycles. The minimum atomic E-state index is -5.53. The standard InChI is InChI=1S/C17H27N3O16P2/c1-6-11(23)13(25)10(18-7(2)21)16(33-6)35-38(30,31)36-37(28,29)32-5-8-12(24)14(26)15(34-8)20-4-3-9(22)19-17(20)27/h3-4,6,8,10-16,23-26H,5H2,1-2H3,(H,18,21)(H,28,29)(H,30,31)(H,19,22,27)/t6-,8+,10+,11+,12+,13-,14+,15+,16+/m0/s1. The highest BCUT2D eigenvalue weighted by Gasteiger charge is 2.49. The molecule has 2 unspecified atom stereocenters. The normalized spacial score (nSPS) is 36.8. The molecule has 19 nitrogen and oxygen atoms in total. The van der Waals surface area contributed by atoms with Crippen LogP contribution in [-0.4, -0.2) is 101 Å². The average molecular weight is 591 g/mol. The number of nitrogens with one attached hydrogen (secondary N) is 2. The van der Waals surface area contributed by atoms with Gasteiger partial charge in [0.05, 0.1) is 12.7 Å². The number of aromatic amines is 1. The second-order valence-electron chi connectivity index (χ2n) is 8.40. The van der Waals surface area contributed by atoms with Crippen LogP contribution in [0, 0.1) is 0 Å². The minimum absolute atomic E-state index is 0.738. The number of aliphatic hydroxyl groups excluding tert-OH is 4. The molecule has 2 aliphatic heterocycles. The summed E-state index contributed by atoms with van der Waals surface area (Å²) in [4.78, 5) is 56.4. The van der Waals surface area contributed by atoms with Crippen LogP contribution in [0.3, 0.4) is 0 Å². The average Bonchev–Trinajstić information content (AvgIpc) is 3.06. The second kappa shape index (κ2) is 11.7. The van der Waals surface area contributed by atoms with Gasteiger partial charge >= 0.3 is 21.3 Å². The maximum atomic E-state index is 12.4. The van der Waals surface area contributed by atoms with Crippen molar-refractivity contribution in [3.63, 3.8) is 0 Å². The van der Waals surface area contributed by atoms with Crippen LogP contribution in [-0.2, 0) is 36.8 Å². The third-order valence-electron chi connectivity index (χ3n) is 5.52. The Morgan fingerprint density at radius 2 is 1.74 bits per heavy atom. The molecule has 8 N–H and O–H groups in total. The Hall–Kier alpha value is -1.83. The molecule has 0 bridgehead atoms. The molecule has 0 aliphatic carbocycles. The number of hydrogen-bond donors (Lipinski definition) is 8. The number of nitrogens with zero attached hydrogens (tertiary/aromatic N) is 1. The van der Waals surface area contributed by atoms with Crippen LogP contribution in [0.4, 0.5) is 0 Å². The van der Waals surface area contributed by atoms with Crippen molar-refractivity contribution >= 4 is 21.6 Å². The van der Waals surface area contributed by atoms with Gasteiger partial charge < -0.3 is 45.0 Å². The molecule has 21 heteroatoms. The predicted molar refractivity (Wildman–Crippen MR) is 119 cm³/mol. The van der Waals surface area contributed by atoms with Crippen LogP contribution in [0.25, 0.3) is 0 Å². The molecule has 1 aromatic heterocycles. The number of H-pyrrole nitrogens is 1. The van der Waals surface area contributed by atoms with E-state index in [1.165, 1.54) is 6.92 Å². The van der Waals surface area contributed by atoms with E-state index in [2.05, 4.69) is 14.2 Å². The van der Waals surface area contributed by atoms with Gasteiger partial charge in [0.1, 0.15) is 36.6 Å². The van der Waals surface area contributed by atoms with Crippen LogP contribution in [0.15, 0.2) is 21.9 Å². The zero-order chi connectivity index (χ0) is 28.6.